The highest BCUT2D eigenvalue weighted by atomic mass is 16.6. The van der Waals surface area contributed by atoms with Crippen molar-refractivity contribution in [1.82, 2.24) is 5.43 Å². The maximum absolute atomic E-state index is 11.9. The number of hydrogen-bond acceptors (Lipinski definition) is 4. The van der Waals surface area contributed by atoms with Crippen LogP contribution in [0.3, 0.4) is 0 Å². The van der Waals surface area contributed by atoms with Gasteiger partial charge in [0, 0.05) is 23.4 Å². The minimum Gasteiger partial charge on any atom is -0.267 e. The van der Waals surface area contributed by atoms with Crippen LogP contribution in [0.15, 0.2) is 29.4 Å². The number of hydrazone groups is 1. The molecule has 0 aromatic heterocycles. The van der Waals surface area contributed by atoms with Crippen LogP contribution in [0, 0.1) is 22.0 Å². The van der Waals surface area contributed by atoms with Crippen molar-refractivity contribution in [2.75, 3.05) is 0 Å². The van der Waals surface area contributed by atoms with E-state index in [0.717, 1.165) is 24.5 Å². The zero-order valence-electron chi connectivity index (χ0n) is 10.9. The summed E-state index contributed by atoms with van der Waals surface area (Å²) in [7, 11) is 0. The third-order valence-electron chi connectivity index (χ3n) is 4.13. The average molecular weight is 273 g/mol. The molecular weight excluding hydrogens is 258 g/mol. The number of nitrogens with one attached hydrogen (secondary N) is 1. The fraction of sp³-hybridized carbons (Fsp3) is 0.429. The zero-order chi connectivity index (χ0) is 14.1. The molecule has 0 radical (unpaired) electrons. The van der Waals surface area contributed by atoms with E-state index in [9.17, 15) is 14.9 Å². The van der Waals surface area contributed by atoms with Gasteiger partial charge in [-0.05, 0) is 43.6 Å². The van der Waals surface area contributed by atoms with Crippen LogP contribution in [0.5, 0.6) is 0 Å². The first-order chi connectivity index (χ1) is 9.63. The lowest BCUT2D eigenvalue weighted by molar-refractivity contribution is -0.384. The van der Waals surface area contributed by atoms with Crippen molar-refractivity contribution >= 4 is 17.3 Å². The first-order valence-electron chi connectivity index (χ1n) is 6.74. The van der Waals surface area contributed by atoms with E-state index >= 15 is 0 Å². The van der Waals surface area contributed by atoms with Crippen LogP contribution in [-0.2, 0) is 0 Å². The molecule has 1 aromatic carbocycles. The molecule has 2 aliphatic carbocycles. The van der Waals surface area contributed by atoms with E-state index < -0.39 is 10.8 Å². The lowest BCUT2D eigenvalue weighted by Crippen LogP contribution is -2.22. The molecule has 1 aromatic rings. The monoisotopic (exact) mass is 273 g/mol. The molecule has 2 unspecified atom stereocenters. The molecule has 2 aliphatic rings. The summed E-state index contributed by atoms with van der Waals surface area (Å²) in [5.74, 6) is 0.850. The van der Waals surface area contributed by atoms with Gasteiger partial charge in [0.15, 0.2) is 0 Å². The van der Waals surface area contributed by atoms with Crippen molar-refractivity contribution in [2.24, 2.45) is 16.9 Å². The number of nitrogens with zero attached hydrogens (tertiary/aromatic N) is 2. The summed E-state index contributed by atoms with van der Waals surface area (Å²) in [6.45, 7) is 0. The van der Waals surface area contributed by atoms with Crippen molar-refractivity contribution in [1.29, 1.82) is 0 Å². The SMILES string of the molecule is O=C(N/N=C1/CC2CCC1C2)c1cccc([N+](=O)[O-])c1. The maximum atomic E-state index is 11.9. The minimum atomic E-state index is -0.515. The van der Waals surface area contributed by atoms with Crippen LogP contribution >= 0.6 is 0 Å². The highest BCUT2D eigenvalue weighted by Crippen LogP contribution is 2.42. The van der Waals surface area contributed by atoms with Gasteiger partial charge < -0.3 is 0 Å². The van der Waals surface area contributed by atoms with Crippen molar-refractivity contribution in [3.63, 3.8) is 0 Å². The third-order valence-corrected chi connectivity index (χ3v) is 4.13. The van der Waals surface area contributed by atoms with Gasteiger partial charge in [-0.15, -0.1) is 0 Å². The van der Waals surface area contributed by atoms with Crippen LogP contribution in [0.2, 0.25) is 0 Å². The van der Waals surface area contributed by atoms with Gasteiger partial charge in [0.05, 0.1) is 4.92 Å². The number of non-ortho nitro benzene ring substituents is 1. The van der Waals surface area contributed by atoms with Gasteiger partial charge in [0.1, 0.15) is 0 Å². The Kier molecular flexibility index (Phi) is 3.22. The molecule has 2 fully saturated rings. The van der Waals surface area contributed by atoms with Gasteiger partial charge in [-0.1, -0.05) is 6.07 Å². The van der Waals surface area contributed by atoms with E-state index in [1.807, 2.05) is 0 Å². The van der Waals surface area contributed by atoms with E-state index in [2.05, 4.69) is 10.5 Å². The first-order valence-corrected chi connectivity index (χ1v) is 6.74. The number of fused-ring (bicyclic) bond motifs is 2. The predicted octanol–water partition coefficient (Wildman–Crippen LogP) is 2.50. The van der Waals surface area contributed by atoms with Gasteiger partial charge >= 0.3 is 0 Å². The van der Waals surface area contributed by atoms with E-state index in [4.69, 9.17) is 0 Å². The maximum Gasteiger partial charge on any atom is 0.271 e. The Morgan fingerprint density at radius 3 is 2.90 bits per heavy atom. The summed E-state index contributed by atoms with van der Waals surface area (Å²) in [6.07, 6.45) is 4.59. The van der Waals surface area contributed by atoms with Crippen LogP contribution in [0.1, 0.15) is 36.0 Å². The fourth-order valence-corrected chi connectivity index (χ4v) is 3.11. The molecule has 0 spiro atoms. The number of nitro benzene ring substituents is 1. The molecule has 2 saturated carbocycles. The number of benzene rings is 1. The number of nitro groups is 1. The van der Waals surface area contributed by atoms with Crippen molar-refractivity contribution in [3.8, 4) is 0 Å². The van der Waals surface area contributed by atoms with E-state index in [-0.39, 0.29) is 11.3 Å². The summed E-state index contributed by atoms with van der Waals surface area (Å²) in [5.41, 5.74) is 3.75. The molecule has 1 amide bonds. The van der Waals surface area contributed by atoms with Gasteiger partial charge in [0.2, 0.25) is 0 Å². The Balaban J connectivity index is 1.69. The van der Waals surface area contributed by atoms with Crippen molar-refractivity contribution < 1.29 is 9.72 Å². The lowest BCUT2D eigenvalue weighted by Gasteiger charge is -2.11. The Morgan fingerprint density at radius 1 is 1.40 bits per heavy atom. The summed E-state index contributed by atoms with van der Waals surface area (Å²) < 4.78 is 0. The molecule has 104 valence electrons. The summed E-state index contributed by atoms with van der Waals surface area (Å²) >= 11 is 0. The fourth-order valence-electron chi connectivity index (χ4n) is 3.11. The van der Waals surface area contributed by atoms with Gasteiger partial charge in [-0.3, -0.25) is 14.9 Å². The van der Waals surface area contributed by atoms with Crippen LogP contribution in [0.4, 0.5) is 5.69 Å². The molecule has 6 nitrogen and oxygen atoms in total. The van der Waals surface area contributed by atoms with Gasteiger partial charge in [-0.2, -0.15) is 5.10 Å². The normalized spacial score (nSPS) is 25.9. The number of amides is 1. The summed E-state index contributed by atoms with van der Waals surface area (Å²) in [6, 6.07) is 5.66. The van der Waals surface area contributed by atoms with E-state index in [1.54, 1.807) is 6.07 Å². The first kappa shape index (κ1) is 12.8. The van der Waals surface area contributed by atoms with Crippen molar-refractivity contribution in [2.45, 2.75) is 25.7 Å². The highest BCUT2D eigenvalue weighted by molar-refractivity contribution is 5.96. The third kappa shape index (κ3) is 2.41. The van der Waals surface area contributed by atoms with Crippen LogP contribution < -0.4 is 5.43 Å². The Labute approximate surface area is 116 Å². The summed E-state index contributed by atoms with van der Waals surface area (Å²) in [5, 5.41) is 14.9. The quantitative estimate of drug-likeness (QED) is 0.678. The highest BCUT2D eigenvalue weighted by Gasteiger charge is 2.36. The molecule has 0 heterocycles. The molecule has 3 rings (SSSR count). The molecule has 1 N–H and O–H groups in total. The Hall–Kier alpha value is -2.24. The molecular formula is C14H15N3O3. The zero-order valence-corrected chi connectivity index (χ0v) is 10.9. The standard InChI is InChI=1S/C14H15N3O3/c18-14(11-2-1-3-12(8-11)17(19)20)16-15-13-7-9-4-5-10(13)6-9/h1-3,8-10H,4-7H2,(H,16,18)/b15-13-. The van der Waals surface area contributed by atoms with Crippen LogP contribution in [-0.4, -0.2) is 16.5 Å². The van der Waals surface area contributed by atoms with Gasteiger partial charge in [0.25, 0.3) is 11.6 Å². The van der Waals surface area contributed by atoms with Crippen LogP contribution in [0.25, 0.3) is 0 Å². The Bertz CT molecular complexity index is 597. The molecule has 0 aliphatic heterocycles. The second-order valence-corrected chi connectivity index (χ2v) is 5.43. The average Bonchev–Trinajstić information content (AvgIpc) is 3.07. The minimum absolute atomic E-state index is 0.0924. The smallest absolute Gasteiger partial charge is 0.267 e. The van der Waals surface area contributed by atoms with E-state index in [1.165, 1.54) is 31.0 Å². The van der Waals surface area contributed by atoms with E-state index in [0.29, 0.717) is 5.92 Å². The lowest BCUT2D eigenvalue weighted by atomic mass is 9.99. The molecule has 0 saturated heterocycles. The second-order valence-electron chi connectivity index (χ2n) is 5.43. The number of carbonyl (C=O) groups excluding carboxylic acids is 1. The Morgan fingerprint density at radius 2 is 2.25 bits per heavy atom. The number of hydrogen-bond donors (Lipinski definition) is 1. The second kappa shape index (κ2) is 5.03. The largest absolute Gasteiger partial charge is 0.271 e. The van der Waals surface area contributed by atoms with Crippen molar-refractivity contribution in [3.05, 3.63) is 39.9 Å². The topological polar surface area (TPSA) is 84.6 Å². The molecule has 6 heteroatoms. The number of rotatable bonds is 3. The molecule has 2 atom stereocenters. The van der Waals surface area contributed by atoms with Gasteiger partial charge in [-0.25, -0.2) is 5.43 Å². The molecule has 2 bridgehead atoms. The number of carbonyl (C=O) groups is 1. The summed E-state index contributed by atoms with van der Waals surface area (Å²) in [4.78, 5) is 22.1. The predicted molar refractivity (Wildman–Crippen MR) is 73.4 cm³/mol. The molecule has 20 heavy (non-hydrogen) atoms.